The molecule has 33 heavy (non-hydrogen) atoms. The number of hydrogen-bond acceptors (Lipinski definition) is 4. The highest BCUT2D eigenvalue weighted by molar-refractivity contribution is 5.99. The summed E-state index contributed by atoms with van der Waals surface area (Å²) in [6.07, 6.45) is 3.77. The molecule has 1 aromatic heterocycles. The Labute approximate surface area is 193 Å². The molecule has 2 aliphatic heterocycles. The van der Waals surface area contributed by atoms with E-state index in [1.54, 1.807) is 6.20 Å². The lowest BCUT2D eigenvalue weighted by atomic mass is 9.99. The molecule has 2 aliphatic rings. The average Bonchev–Trinajstić information content (AvgIpc) is 3.36. The van der Waals surface area contributed by atoms with E-state index in [0.29, 0.717) is 13.1 Å². The number of fused-ring (bicyclic) bond motifs is 2. The van der Waals surface area contributed by atoms with Crippen LogP contribution >= 0.6 is 0 Å². The normalized spacial score (nSPS) is 16.1. The summed E-state index contributed by atoms with van der Waals surface area (Å²) in [6.45, 7) is 5.53. The maximum atomic E-state index is 13.1. The predicted octanol–water partition coefficient (Wildman–Crippen LogP) is 4.20. The van der Waals surface area contributed by atoms with E-state index < -0.39 is 0 Å². The molecule has 1 fully saturated rings. The molecular formula is C27H26N4O2. The van der Waals surface area contributed by atoms with Crippen LogP contribution in [0.5, 0.6) is 0 Å². The molecule has 0 saturated carbocycles. The number of rotatable bonds is 3. The third-order valence-corrected chi connectivity index (χ3v) is 6.70. The smallest absolute Gasteiger partial charge is 0.254 e. The summed E-state index contributed by atoms with van der Waals surface area (Å²) in [4.78, 5) is 21.7. The van der Waals surface area contributed by atoms with Gasteiger partial charge in [-0.05, 0) is 52.2 Å². The SMILES string of the molecule is O=C(c1ccc2cc(-c3ccc(N4CCOCC4)cc3)ccc2c1)N1CCn2ccnc2C1. The Bertz CT molecular complexity index is 1310. The molecule has 1 amide bonds. The molecule has 4 aromatic rings. The van der Waals surface area contributed by atoms with Crippen molar-refractivity contribution in [3.8, 4) is 11.1 Å². The van der Waals surface area contributed by atoms with Gasteiger partial charge in [0.2, 0.25) is 0 Å². The number of amides is 1. The number of anilines is 1. The summed E-state index contributed by atoms with van der Waals surface area (Å²) < 4.78 is 7.56. The third kappa shape index (κ3) is 3.87. The van der Waals surface area contributed by atoms with Crippen LogP contribution < -0.4 is 4.90 Å². The van der Waals surface area contributed by atoms with Crippen LogP contribution in [0.1, 0.15) is 16.2 Å². The van der Waals surface area contributed by atoms with Crippen molar-refractivity contribution in [2.45, 2.75) is 13.1 Å². The third-order valence-electron chi connectivity index (χ3n) is 6.70. The average molecular weight is 439 g/mol. The largest absolute Gasteiger partial charge is 0.378 e. The first-order chi connectivity index (χ1) is 16.2. The molecule has 6 rings (SSSR count). The minimum Gasteiger partial charge on any atom is -0.378 e. The number of hydrogen-bond donors (Lipinski definition) is 0. The van der Waals surface area contributed by atoms with Gasteiger partial charge in [0.05, 0.1) is 19.8 Å². The van der Waals surface area contributed by atoms with Gasteiger partial charge in [-0.3, -0.25) is 4.79 Å². The first-order valence-electron chi connectivity index (χ1n) is 11.5. The number of carbonyl (C=O) groups is 1. The minimum absolute atomic E-state index is 0.0638. The minimum atomic E-state index is 0.0638. The highest BCUT2D eigenvalue weighted by atomic mass is 16.5. The molecule has 166 valence electrons. The molecule has 0 radical (unpaired) electrons. The Morgan fingerprint density at radius 2 is 1.58 bits per heavy atom. The van der Waals surface area contributed by atoms with Crippen molar-refractivity contribution in [2.75, 3.05) is 37.7 Å². The summed E-state index contributed by atoms with van der Waals surface area (Å²) in [7, 11) is 0. The molecule has 0 aliphatic carbocycles. The lowest BCUT2D eigenvalue weighted by Gasteiger charge is -2.29. The maximum absolute atomic E-state index is 13.1. The Morgan fingerprint density at radius 1 is 0.818 bits per heavy atom. The van der Waals surface area contributed by atoms with E-state index in [1.807, 2.05) is 23.2 Å². The molecule has 1 saturated heterocycles. The van der Waals surface area contributed by atoms with Crippen molar-refractivity contribution in [3.63, 3.8) is 0 Å². The van der Waals surface area contributed by atoms with Crippen molar-refractivity contribution in [3.05, 3.63) is 84.4 Å². The fraction of sp³-hybridized carbons (Fsp3) is 0.259. The van der Waals surface area contributed by atoms with Crippen molar-refractivity contribution >= 4 is 22.4 Å². The lowest BCUT2D eigenvalue weighted by Crippen LogP contribution is -2.38. The van der Waals surface area contributed by atoms with Crippen LogP contribution in [0.3, 0.4) is 0 Å². The fourth-order valence-corrected chi connectivity index (χ4v) is 4.77. The second-order valence-electron chi connectivity index (χ2n) is 8.69. The van der Waals surface area contributed by atoms with Crippen LogP contribution in [0, 0.1) is 0 Å². The first-order valence-corrected chi connectivity index (χ1v) is 11.5. The van der Waals surface area contributed by atoms with E-state index in [4.69, 9.17) is 4.74 Å². The second-order valence-corrected chi connectivity index (χ2v) is 8.69. The van der Waals surface area contributed by atoms with Gasteiger partial charge in [-0.25, -0.2) is 4.98 Å². The van der Waals surface area contributed by atoms with Crippen LogP contribution in [-0.4, -0.2) is 53.2 Å². The zero-order valence-corrected chi connectivity index (χ0v) is 18.5. The van der Waals surface area contributed by atoms with E-state index >= 15 is 0 Å². The predicted molar refractivity (Wildman–Crippen MR) is 129 cm³/mol. The Kier molecular flexibility index (Phi) is 5.07. The molecule has 0 spiro atoms. The molecular weight excluding hydrogens is 412 g/mol. The van der Waals surface area contributed by atoms with Crippen molar-refractivity contribution in [2.24, 2.45) is 0 Å². The van der Waals surface area contributed by atoms with Gasteiger partial charge in [-0.15, -0.1) is 0 Å². The van der Waals surface area contributed by atoms with Gasteiger partial charge in [-0.1, -0.05) is 30.3 Å². The molecule has 0 unspecified atom stereocenters. The van der Waals surface area contributed by atoms with Gasteiger partial charge in [0.25, 0.3) is 5.91 Å². The van der Waals surface area contributed by atoms with E-state index in [2.05, 4.69) is 63.0 Å². The molecule has 3 heterocycles. The number of benzene rings is 3. The number of carbonyl (C=O) groups excluding carboxylic acids is 1. The van der Waals surface area contributed by atoms with Gasteiger partial charge in [0.1, 0.15) is 5.82 Å². The van der Waals surface area contributed by atoms with Gasteiger partial charge in [0, 0.05) is 49.8 Å². The monoisotopic (exact) mass is 438 g/mol. The van der Waals surface area contributed by atoms with Crippen LogP contribution in [0.15, 0.2) is 73.1 Å². The first kappa shape index (κ1) is 20.0. The van der Waals surface area contributed by atoms with Crippen molar-refractivity contribution in [1.82, 2.24) is 14.5 Å². The van der Waals surface area contributed by atoms with E-state index in [1.165, 1.54) is 16.8 Å². The highest BCUT2D eigenvalue weighted by Gasteiger charge is 2.22. The standard InChI is InChI=1S/C27H26N4O2/c32-27(31-12-11-30-10-9-28-26(30)19-31)24-4-3-22-17-21(1-2-23(22)18-24)20-5-7-25(8-6-20)29-13-15-33-16-14-29/h1-10,17-18H,11-16,19H2. The number of morpholine rings is 1. The number of aromatic nitrogens is 2. The summed E-state index contributed by atoms with van der Waals surface area (Å²) in [5.41, 5.74) is 4.34. The van der Waals surface area contributed by atoms with Gasteiger partial charge in [-0.2, -0.15) is 0 Å². The van der Waals surface area contributed by atoms with Gasteiger partial charge >= 0.3 is 0 Å². The van der Waals surface area contributed by atoms with E-state index in [9.17, 15) is 4.79 Å². The number of imidazole rings is 1. The van der Waals surface area contributed by atoms with Crippen LogP contribution in [0.25, 0.3) is 21.9 Å². The van der Waals surface area contributed by atoms with Crippen LogP contribution in [0.2, 0.25) is 0 Å². The summed E-state index contributed by atoms with van der Waals surface area (Å²) in [5.74, 6) is 1.01. The molecule has 3 aromatic carbocycles. The van der Waals surface area contributed by atoms with E-state index in [-0.39, 0.29) is 5.91 Å². The Balaban J connectivity index is 1.21. The zero-order chi connectivity index (χ0) is 22.2. The molecule has 0 bridgehead atoms. The van der Waals surface area contributed by atoms with Crippen LogP contribution in [0.4, 0.5) is 5.69 Å². The zero-order valence-electron chi connectivity index (χ0n) is 18.5. The quantitative estimate of drug-likeness (QED) is 0.481. The topological polar surface area (TPSA) is 50.6 Å². The summed E-state index contributed by atoms with van der Waals surface area (Å²) in [6, 6.07) is 21.2. The van der Waals surface area contributed by atoms with Crippen LogP contribution in [-0.2, 0) is 17.8 Å². The summed E-state index contributed by atoms with van der Waals surface area (Å²) >= 11 is 0. The fourth-order valence-electron chi connectivity index (χ4n) is 4.77. The second kappa shape index (κ2) is 8.37. The molecule has 6 heteroatoms. The lowest BCUT2D eigenvalue weighted by molar-refractivity contribution is 0.0707. The Hall–Kier alpha value is -3.64. The van der Waals surface area contributed by atoms with Gasteiger partial charge in [0.15, 0.2) is 0 Å². The summed E-state index contributed by atoms with van der Waals surface area (Å²) in [5, 5.41) is 2.21. The van der Waals surface area contributed by atoms with Crippen molar-refractivity contribution in [1.29, 1.82) is 0 Å². The highest BCUT2D eigenvalue weighted by Crippen LogP contribution is 2.28. The van der Waals surface area contributed by atoms with E-state index in [0.717, 1.165) is 55.0 Å². The number of nitrogens with zero attached hydrogens (tertiary/aromatic N) is 4. The van der Waals surface area contributed by atoms with Crippen molar-refractivity contribution < 1.29 is 9.53 Å². The molecule has 6 nitrogen and oxygen atoms in total. The maximum Gasteiger partial charge on any atom is 0.254 e. The molecule has 0 atom stereocenters. The molecule has 0 N–H and O–H groups in total. The van der Waals surface area contributed by atoms with Gasteiger partial charge < -0.3 is 19.1 Å². The number of ether oxygens (including phenoxy) is 1. The Morgan fingerprint density at radius 3 is 2.42 bits per heavy atom.